The molecule has 0 atom stereocenters. The Morgan fingerprint density at radius 1 is 0.889 bits per heavy atom. The Labute approximate surface area is 106 Å². The topological polar surface area (TPSA) is 80.4 Å². The number of aliphatic hydroxyl groups excluding tert-OH is 1. The summed E-state index contributed by atoms with van der Waals surface area (Å²) >= 11 is 0. The Hall–Kier alpha value is -1.69. The molecule has 3 N–H and O–H groups in total. The van der Waals surface area contributed by atoms with Gasteiger partial charge in [0.25, 0.3) is 0 Å². The molecule has 0 spiro atoms. The van der Waals surface area contributed by atoms with Gasteiger partial charge in [-0.1, -0.05) is 36.4 Å². The van der Waals surface area contributed by atoms with Crippen molar-refractivity contribution in [2.24, 2.45) is 5.14 Å². The first-order valence-corrected chi connectivity index (χ1v) is 6.88. The molecule has 0 aliphatic heterocycles. The van der Waals surface area contributed by atoms with Gasteiger partial charge < -0.3 is 5.11 Å². The van der Waals surface area contributed by atoms with E-state index in [1.54, 1.807) is 12.1 Å². The van der Waals surface area contributed by atoms with Crippen LogP contribution < -0.4 is 5.14 Å². The van der Waals surface area contributed by atoms with Crippen LogP contribution in [0.3, 0.4) is 0 Å². The largest absolute Gasteiger partial charge is 0.392 e. The van der Waals surface area contributed by atoms with Crippen molar-refractivity contribution in [1.29, 1.82) is 0 Å². The third-order valence-corrected chi connectivity index (χ3v) is 3.58. The summed E-state index contributed by atoms with van der Waals surface area (Å²) in [5.74, 6) is 0. The molecule has 0 saturated heterocycles. The van der Waals surface area contributed by atoms with E-state index in [1.165, 1.54) is 12.1 Å². The second-order valence-electron chi connectivity index (χ2n) is 3.92. The fraction of sp³-hybridized carbons (Fsp3) is 0.0769. The predicted molar refractivity (Wildman–Crippen MR) is 69.2 cm³/mol. The predicted octanol–water partition coefficient (Wildman–Crippen LogP) is 1.49. The Kier molecular flexibility index (Phi) is 3.47. The summed E-state index contributed by atoms with van der Waals surface area (Å²) in [5, 5.41) is 14.0. The lowest BCUT2D eigenvalue weighted by molar-refractivity contribution is 0.282. The van der Waals surface area contributed by atoms with E-state index in [-0.39, 0.29) is 11.5 Å². The zero-order chi connectivity index (χ0) is 13.2. The Morgan fingerprint density at radius 2 is 1.33 bits per heavy atom. The molecule has 0 saturated carbocycles. The van der Waals surface area contributed by atoms with Gasteiger partial charge in [-0.25, -0.2) is 13.6 Å². The molecular weight excluding hydrogens is 250 g/mol. The van der Waals surface area contributed by atoms with Crippen LogP contribution in [-0.4, -0.2) is 13.5 Å². The highest BCUT2D eigenvalue weighted by Crippen LogP contribution is 2.21. The van der Waals surface area contributed by atoms with E-state index >= 15 is 0 Å². The van der Waals surface area contributed by atoms with Crippen molar-refractivity contribution < 1.29 is 13.5 Å². The molecule has 0 unspecified atom stereocenters. The van der Waals surface area contributed by atoms with Crippen LogP contribution in [0, 0.1) is 0 Å². The maximum atomic E-state index is 11.1. The molecular formula is C13H13NO3S. The van der Waals surface area contributed by atoms with Crippen LogP contribution in [0.1, 0.15) is 5.56 Å². The molecule has 2 rings (SSSR count). The standard InChI is InChI=1S/C13H13NO3S/c14-18(16,17)13-7-5-12(6-8-13)11-3-1-10(9-15)2-4-11/h1-8,15H,9H2,(H2,14,16,17). The van der Waals surface area contributed by atoms with Crippen molar-refractivity contribution in [3.05, 3.63) is 54.1 Å². The van der Waals surface area contributed by atoms with Crippen molar-refractivity contribution in [2.45, 2.75) is 11.5 Å². The van der Waals surface area contributed by atoms with E-state index in [2.05, 4.69) is 0 Å². The van der Waals surface area contributed by atoms with Crippen molar-refractivity contribution in [1.82, 2.24) is 0 Å². The lowest BCUT2D eigenvalue weighted by Gasteiger charge is -2.04. The van der Waals surface area contributed by atoms with Gasteiger partial charge in [0.05, 0.1) is 11.5 Å². The summed E-state index contributed by atoms with van der Waals surface area (Å²) < 4.78 is 22.2. The fourth-order valence-corrected chi connectivity index (χ4v) is 2.16. The van der Waals surface area contributed by atoms with E-state index < -0.39 is 10.0 Å². The highest BCUT2D eigenvalue weighted by Gasteiger charge is 2.07. The summed E-state index contributed by atoms with van der Waals surface area (Å²) in [6.45, 7) is 0.00460. The maximum Gasteiger partial charge on any atom is 0.238 e. The number of aliphatic hydroxyl groups is 1. The fourth-order valence-electron chi connectivity index (χ4n) is 1.64. The molecule has 0 aliphatic rings. The highest BCUT2D eigenvalue weighted by molar-refractivity contribution is 7.89. The zero-order valence-electron chi connectivity index (χ0n) is 9.58. The first-order valence-electron chi connectivity index (χ1n) is 5.34. The van der Waals surface area contributed by atoms with Crippen molar-refractivity contribution in [2.75, 3.05) is 0 Å². The van der Waals surface area contributed by atoms with Gasteiger partial charge in [-0.05, 0) is 28.8 Å². The van der Waals surface area contributed by atoms with Crippen LogP contribution in [0.25, 0.3) is 11.1 Å². The first-order chi connectivity index (χ1) is 8.50. The van der Waals surface area contributed by atoms with Gasteiger partial charge in [-0.3, -0.25) is 0 Å². The molecule has 0 heterocycles. The minimum Gasteiger partial charge on any atom is -0.392 e. The molecule has 0 aliphatic carbocycles. The number of hydrogen-bond donors (Lipinski definition) is 2. The first kappa shape index (κ1) is 12.8. The van der Waals surface area contributed by atoms with Crippen LogP contribution in [0.2, 0.25) is 0 Å². The lowest BCUT2D eigenvalue weighted by Crippen LogP contribution is -2.11. The monoisotopic (exact) mass is 263 g/mol. The molecule has 2 aromatic carbocycles. The number of primary sulfonamides is 1. The number of sulfonamides is 1. The quantitative estimate of drug-likeness (QED) is 0.880. The summed E-state index contributed by atoms with van der Waals surface area (Å²) in [5.41, 5.74) is 2.68. The third kappa shape index (κ3) is 2.76. The molecule has 0 bridgehead atoms. The van der Waals surface area contributed by atoms with Crippen LogP contribution in [-0.2, 0) is 16.6 Å². The number of hydrogen-bond acceptors (Lipinski definition) is 3. The van der Waals surface area contributed by atoms with E-state index in [4.69, 9.17) is 10.2 Å². The van der Waals surface area contributed by atoms with Gasteiger partial charge >= 0.3 is 0 Å². The average Bonchev–Trinajstić information content (AvgIpc) is 2.38. The summed E-state index contributed by atoms with van der Waals surface area (Å²) in [6.07, 6.45) is 0. The molecule has 4 nitrogen and oxygen atoms in total. The van der Waals surface area contributed by atoms with E-state index in [0.29, 0.717) is 0 Å². The molecule has 2 aromatic rings. The van der Waals surface area contributed by atoms with Crippen molar-refractivity contribution in [3.63, 3.8) is 0 Å². The van der Waals surface area contributed by atoms with Crippen LogP contribution >= 0.6 is 0 Å². The van der Waals surface area contributed by atoms with E-state index in [9.17, 15) is 8.42 Å². The van der Waals surface area contributed by atoms with Crippen LogP contribution in [0.4, 0.5) is 0 Å². The third-order valence-electron chi connectivity index (χ3n) is 2.65. The maximum absolute atomic E-state index is 11.1. The molecule has 0 fully saturated rings. The summed E-state index contributed by atoms with van der Waals surface area (Å²) in [7, 11) is -3.65. The minimum atomic E-state index is -3.65. The molecule has 5 heteroatoms. The van der Waals surface area contributed by atoms with Crippen molar-refractivity contribution >= 4 is 10.0 Å². The molecule has 0 radical (unpaired) electrons. The molecule has 94 valence electrons. The van der Waals surface area contributed by atoms with E-state index in [1.807, 2.05) is 24.3 Å². The molecule has 0 aromatic heterocycles. The SMILES string of the molecule is NS(=O)(=O)c1ccc(-c2ccc(CO)cc2)cc1. The number of benzene rings is 2. The minimum absolute atomic E-state index is 0.00460. The average molecular weight is 263 g/mol. The Bertz CT molecular complexity index is 631. The van der Waals surface area contributed by atoms with Gasteiger partial charge in [0.2, 0.25) is 10.0 Å². The van der Waals surface area contributed by atoms with Gasteiger partial charge in [-0.2, -0.15) is 0 Å². The summed E-state index contributed by atoms with van der Waals surface area (Å²) in [4.78, 5) is 0.0956. The zero-order valence-corrected chi connectivity index (χ0v) is 10.4. The number of rotatable bonds is 3. The van der Waals surface area contributed by atoms with Gasteiger partial charge in [0.1, 0.15) is 0 Å². The molecule has 0 amide bonds. The van der Waals surface area contributed by atoms with Crippen molar-refractivity contribution in [3.8, 4) is 11.1 Å². The molecule has 18 heavy (non-hydrogen) atoms. The summed E-state index contributed by atoms with van der Waals surface area (Å²) in [6, 6.07) is 13.7. The van der Waals surface area contributed by atoms with Gasteiger partial charge in [0.15, 0.2) is 0 Å². The van der Waals surface area contributed by atoms with Crippen LogP contribution in [0.15, 0.2) is 53.4 Å². The van der Waals surface area contributed by atoms with Gasteiger partial charge in [0, 0.05) is 0 Å². The Morgan fingerprint density at radius 3 is 1.72 bits per heavy atom. The van der Waals surface area contributed by atoms with E-state index in [0.717, 1.165) is 16.7 Å². The second kappa shape index (κ2) is 4.89. The normalized spacial score (nSPS) is 11.4. The number of nitrogens with two attached hydrogens (primary N) is 1. The van der Waals surface area contributed by atoms with Gasteiger partial charge in [-0.15, -0.1) is 0 Å². The highest BCUT2D eigenvalue weighted by atomic mass is 32.2. The smallest absolute Gasteiger partial charge is 0.238 e. The second-order valence-corrected chi connectivity index (χ2v) is 5.49. The lowest BCUT2D eigenvalue weighted by atomic mass is 10.0. The van der Waals surface area contributed by atoms with Crippen LogP contribution in [0.5, 0.6) is 0 Å². The Balaban J connectivity index is 2.34.